The second-order valence-corrected chi connectivity index (χ2v) is 9.32. The van der Waals surface area contributed by atoms with Crippen LogP contribution in [0, 0.1) is 17.1 Å². The molecule has 2 atom stereocenters. The summed E-state index contributed by atoms with van der Waals surface area (Å²) in [7, 11) is 0. The van der Waals surface area contributed by atoms with E-state index in [1.807, 2.05) is 30.5 Å². The lowest BCUT2D eigenvalue weighted by Gasteiger charge is -2.23. The number of nitriles is 1. The maximum atomic E-state index is 15.1. The van der Waals surface area contributed by atoms with Gasteiger partial charge in [0.15, 0.2) is 0 Å². The number of fused-ring (bicyclic) bond motifs is 1. The molecule has 188 valence electrons. The summed E-state index contributed by atoms with van der Waals surface area (Å²) >= 11 is 0. The van der Waals surface area contributed by atoms with E-state index in [-0.39, 0.29) is 12.3 Å². The van der Waals surface area contributed by atoms with E-state index in [0.717, 1.165) is 61.1 Å². The van der Waals surface area contributed by atoms with Crippen molar-refractivity contribution in [3.63, 3.8) is 0 Å². The molecule has 3 heterocycles. The second-order valence-electron chi connectivity index (χ2n) is 9.32. The zero-order chi connectivity index (χ0) is 24.9. The average molecular weight is 492 g/mol. The molecule has 5 rings (SSSR count). The van der Waals surface area contributed by atoms with Gasteiger partial charge >= 0.3 is 0 Å². The minimum Gasteiger partial charge on any atom is -0.381 e. The Morgan fingerprint density at radius 2 is 2.03 bits per heavy atom. The van der Waals surface area contributed by atoms with Gasteiger partial charge in [-0.05, 0) is 54.6 Å². The van der Waals surface area contributed by atoms with Gasteiger partial charge in [-0.25, -0.2) is 4.39 Å². The van der Waals surface area contributed by atoms with Crippen molar-refractivity contribution in [3.8, 4) is 17.2 Å². The van der Waals surface area contributed by atoms with Crippen molar-refractivity contribution in [2.75, 3.05) is 32.9 Å². The van der Waals surface area contributed by atoms with Crippen molar-refractivity contribution in [1.82, 2.24) is 20.4 Å². The summed E-state index contributed by atoms with van der Waals surface area (Å²) in [6.07, 6.45) is 3.96. The van der Waals surface area contributed by atoms with Crippen LogP contribution in [0.3, 0.4) is 0 Å². The van der Waals surface area contributed by atoms with Gasteiger partial charge in [0.2, 0.25) is 0 Å². The van der Waals surface area contributed by atoms with Crippen molar-refractivity contribution in [2.24, 2.45) is 0 Å². The Hall–Kier alpha value is -3.32. The maximum Gasteiger partial charge on any atom is 0.251 e. The van der Waals surface area contributed by atoms with E-state index in [9.17, 15) is 10.1 Å². The summed E-state index contributed by atoms with van der Waals surface area (Å²) in [5, 5.41) is 21.0. The van der Waals surface area contributed by atoms with E-state index in [0.29, 0.717) is 24.8 Å². The van der Waals surface area contributed by atoms with E-state index < -0.39 is 18.0 Å². The molecule has 0 saturated carbocycles. The Kier molecular flexibility index (Phi) is 7.56. The normalized spacial score (nSPS) is 19.9. The van der Waals surface area contributed by atoms with Gasteiger partial charge in [-0.3, -0.25) is 9.48 Å². The van der Waals surface area contributed by atoms with E-state index in [1.54, 1.807) is 6.07 Å². The van der Waals surface area contributed by atoms with Gasteiger partial charge in [0.25, 0.3) is 5.91 Å². The van der Waals surface area contributed by atoms with Crippen molar-refractivity contribution in [3.05, 3.63) is 54.0 Å². The molecule has 2 fully saturated rings. The zero-order valence-electron chi connectivity index (χ0n) is 20.1. The van der Waals surface area contributed by atoms with Crippen LogP contribution in [-0.2, 0) is 20.7 Å². The quantitative estimate of drug-likeness (QED) is 0.550. The largest absolute Gasteiger partial charge is 0.381 e. The van der Waals surface area contributed by atoms with Crippen LogP contribution in [0.5, 0.6) is 0 Å². The standard InChI is InChI=1S/C27H30FN5O3/c28-24-13-18(19-3-5-21-16-31-33(25(21)14-19)23-6-10-35-11-7-23)2-4-20(24)12-22(15-29)32-27(34)26-17-30-8-1-9-36-26/h2-5,13-14,16,22-23,26,30H,1,6-12,17H2,(H,32,34). The van der Waals surface area contributed by atoms with Crippen LogP contribution in [0.4, 0.5) is 4.39 Å². The van der Waals surface area contributed by atoms with Crippen molar-refractivity contribution in [1.29, 1.82) is 5.26 Å². The smallest absolute Gasteiger partial charge is 0.251 e. The zero-order valence-corrected chi connectivity index (χ0v) is 20.1. The molecule has 2 unspecified atom stereocenters. The van der Waals surface area contributed by atoms with Crippen LogP contribution >= 0.6 is 0 Å². The Morgan fingerprint density at radius 3 is 2.83 bits per heavy atom. The lowest BCUT2D eigenvalue weighted by molar-refractivity contribution is -0.132. The average Bonchev–Trinajstić information content (AvgIpc) is 3.13. The predicted molar refractivity (Wildman–Crippen MR) is 133 cm³/mol. The molecule has 2 aromatic carbocycles. The number of hydrogen-bond acceptors (Lipinski definition) is 6. The number of ether oxygens (including phenoxy) is 2. The Morgan fingerprint density at radius 1 is 1.22 bits per heavy atom. The molecule has 2 aliphatic rings. The summed E-state index contributed by atoms with van der Waals surface area (Å²) < 4.78 is 28.2. The van der Waals surface area contributed by atoms with Crippen LogP contribution in [-0.4, -0.2) is 60.7 Å². The van der Waals surface area contributed by atoms with Crippen LogP contribution < -0.4 is 10.6 Å². The summed E-state index contributed by atoms with van der Waals surface area (Å²) in [6, 6.07) is 12.6. The fraction of sp³-hybridized carbons (Fsp3) is 0.444. The molecule has 0 aliphatic carbocycles. The van der Waals surface area contributed by atoms with Gasteiger partial charge in [-0.1, -0.05) is 24.3 Å². The summed E-state index contributed by atoms with van der Waals surface area (Å²) in [5.41, 5.74) is 3.03. The molecule has 9 heteroatoms. The second kappa shape index (κ2) is 11.2. The van der Waals surface area contributed by atoms with Crippen LogP contribution in [0.15, 0.2) is 42.6 Å². The molecule has 2 N–H and O–H groups in total. The first-order valence-corrected chi connectivity index (χ1v) is 12.5. The number of nitrogens with one attached hydrogen (secondary N) is 2. The molecule has 2 aliphatic heterocycles. The molecule has 0 spiro atoms. The van der Waals surface area contributed by atoms with E-state index in [1.165, 1.54) is 6.07 Å². The van der Waals surface area contributed by atoms with E-state index in [4.69, 9.17) is 9.47 Å². The third kappa shape index (κ3) is 5.41. The molecule has 2 saturated heterocycles. The SMILES string of the molecule is N#CC(Cc1ccc(-c2ccc3cnn(C4CCOCC4)c3c2)cc1F)NC(=O)C1CNCCCO1. The van der Waals surface area contributed by atoms with Crippen LogP contribution in [0.25, 0.3) is 22.0 Å². The van der Waals surface area contributed by atoms with Gasteiger partial charge < -0.3 is 20.1 Å². The monoisotopic (exact) mass is 491 g/mol. The lowest BCUT2D eigenvalue weighted by atomic mass is 9.99. The Balaban J connectivity index is 1.30. The summed E-state index contributed by atoms with van der Waals surface area (Å²) in [6.45, 7) is 3.12. The fourth-order valence-electron chi connectivity index (χ4n) is 4.83. The van der Waals surface area contributed by atoms with Gasteiger partial charge in [0.1, 0.15) is 18.0 Å². The molecule has 0 bridgehead atoms. The minimum atomic E-state index is -0.852. The van der Waals surface area contributed by atoms with Gasteiger partial charge in [-0.2, -0.15) is 10.4 Å². The third-order valence-corrected chi connectivity index (χ3v) is 6.86. The molecular formula is C27H30FN5O3. The number of halogens is 1. The first kappa shape index (κ1) is 24.4. The van der Waals surface area contributed by atoms with Crippen molar-refractivity contribution < 1.29 is 18.7 Å². The Bertz CT molecular complexity index is 1260. The topological polar surface area (TPSA) is 101 Å². The number of benzene rings is 2. The van der Waals surface area contributed by atoms with E-state index in [2.05, 4.69) is 26.5 Å². The van der Waals surface area contributed by atoms with Gasteiger partial charge in [0.05, 0.1) is 23.8 Å². The third-order valence-electron chi connectivity index (χ3n) is 6.86. The predicted octanol–water partition coefficient (Wildman–Crippen LogP) is 3.12. The van der Waals surface area contributed by atoms with E-state index >= 15 is 4.39 Å². The summed E-state index contributed by atoms with van der Waals surface area (Å²) in [5.74, 6) is -0.769. The number of rotatable bonds is 6. The molecule has 36 heavy (non-hydrogen) atoms. The number of hydrogen-bond donors (Lipinski definition) is 2. The number of nitrogens with zero attached hydrogens (tertiary/aromatic N) is 3. The maximum absolute atomic E-state index is 15.1. The highest BCUT2D eigenvalue weighted by atomic mass is 19.1. The first-order valence-electron chi connectivity index (χ1n) is 12.5. The number of amides is 1. The fourth-order valence-corrected chi connectivity index (χ4v) is 4.83. The highest BCUT2D eigenvalue weighted by molar-refractivity contribution is 5.84. The van der Waals surface area contributed by atoms with Crippen LogP contribution in [0.1, 0.15) is 30.9 Å². The number of aromatic nitrogens is 2. The van der Waals surface area contributed by atoms with Crippen LogP contribution in [0.2, 0.25) is 0 Å². The first-order chi connectivity index (χ1) is 17.6. The van der Waals surface area contributed by atoms with Crippen molar-refractivity contribution in [2.45, 2.75) is 43.9 Å². The Labute approximate surface area is 209 Å². The molecule has 1 amide bonds. The minimum absolute atomic E-state index is 0.0735. The number of carbonyl (C=O) groups excluding carboxylic acids is 1. The molecule has 3 aromatic rings. The highest BCUT2D eigenvalue weighted by Crippen LogP contribution is 2.30. The highest BCUT2D eigenvalue weighted by Gasteiger charge is 2.24. The summed E-state index contributed by atoms with van der Waals surface area (Å²) in [4.78, 5) is 12.5. The van der Waals surface area contributed by atoms with Gasteiger partial charge in [-0.15, -0.1) is 0 Å². The lowest BCUT2D eigenvalue weighted by Crippen LogP contribution is -2.46. The molecule has 8 nitrogen and oxygen atoms in total. The number of carbonyl (C=O) groups is 1. The molecule has 0 radical (unpaired) electrons. The van der Waals surface area contributed by atoms with Gasteiger partial charge in [0, 0.05) is 38.2 Å². The van der Waals surface area contributed by atoms with Crippen molar-refractivity contribution >= 4 is 16.8 Å². The molecular weight excluding hydrogens is 461 g/mol. The molecule has 1 aromatic heterocycles.